The lowest BCUT2D eigenvalue weighted by Gasteiger charge is -2.15. The lowest BCUT2D eigenvalue weighted by molar-refractivity contribution is -0.274. The van der Waals surface area contributed by atoms with Gasteiger partial charge in [0.05, 0.1) is 11.9 Å². The summed E-state index contributed by atoms with van der Waals surface area (Å²) >= 11 is 0. The Morgan fingerprint density at radius 1 is 1.24 bits per heavy atom. The molecule has 0 radical (unpaired) electrons. The molecule has 1 N–H and O–H groups in total. The molecule has 0 aliphatic heterocycles. The van der Waals surface area contributed by atoms with Crippen molar-refractivity contribution in [2.24, 2.45) is 0 Å². The van der Waals surface area contributed by atoms with Gasteiger partial charge in [0.1, 0.15) is 5.75 Å². The van der Waals surface area contributed by atoms with Crippen molar-refractivity contribution in [3.8, 4) is 5.75 Å². The summed E-state index contributed by atoms with van der Waals surface area (Å²) in [6, 6.07) is 4.43. The van der Waals surface area contributed by atoms with Crippen molar-refractivity contribution in [3.63, 3.8) is 0 Å². The highest BCUT2D eigenvalue weighted by atomic mass is 32.2. The highest BCUT2D eigenvalue weighted by molar-refractivity contribution is 7.92. The molecule has 0 saturated heterocycles. The number of methoxy groups -OCH3 is 1. The van der Waals surface area contributed by atoms with Gasteiger partial charge in [-0.15, -0.1) is 13.2 Å². The van der Waals surface area contributed by atoms with Crippen LogP contribution >= 0.6 is 0 Å². The molecule has 0 heterocycles. The molecular weight excluding hydrogens is 311 g/mol. The van der Waals surface area contributed by atoms with Gasteiger partial charge in [-0.25, -0.2) is 8.42 Å². The van der Waals surface area contributed by atoms with Gasteiger partial charge in [0, 0.05) is 12.8 Å². The first-order chi connectivity index (χ1) is 9.65. The number of rotatable bonds is 7. The lowest BCUT2D eigenvalue weighted by atomic mass is 10.3. The van der Waals surface area contributed by atoms with Crippen LogP contribution < -0.4 is 9.46 Å². The number of halogens is 3. The number of anilines is 1. The zero-order valence-electron chi connectivity index (χ0n) is 11.5. The van der Waals surface area contributed by atoms with Gasteiger partial charge < -0.3 is 9.47 Å². The quantitative estimate of drug-likeness (QED) is 0.836. The Morgan fingerprint density at radius 2 is 1.81 bits per heavy atom. The van der Waals surface area contributed by atoms with Crippen LogP contribution in [0, 0.1) is 0 Å². The molecule has 1 aromatic carbocycles. The number of benzene rings is 1. The molecule has 0 aliphatic carbocycles. The van der Waals surface area contributed by atoms with Crippen molar-refractivity contribution in [3.05, 3.63) is 24.3 Å². The summed E-state index contributed by atoms with van der Waals surface area (Å²) in [6.45, 7) is 1.78. The van der Waals surface area contributed by atoms with Crippen LogP contribution in [0.2, 0.25) is 0 Å². The van der Waals surface area contributed by atoms with Crippen LogP contribution in [0.5, 0.6) is 5.75 Å². The number of alkyl halides is 3. The second-order valence-corrected chi connectivity index (χ2v) is 5.99. The number of hydrogen-bond donors (Lipinski definition) is 1. The summed E-state index contributed by atoms with van der Waals surface area (Å²) < 4.78 is 70.6. The summed E-state index contributed by atoms with van der Waals surface area (Å²) in [5.74, 6) is -0.658. The largest absolute Gasteiger partial charge is 0.573 e. The van der Waals surface area contributed by atoms with E-state index in [4.69, 9.17) is 4.74 Å². The van der Waals surface area contributed by atoms with Crippen LogP contribution in [-0.4, -0.2) is 33.7 Å². The molecule has 0 saturated carbocycles. The summed E-state index contributed by atoms with van der Waals surface area (Å²) in [6.07, 6.45) is -4.71. The molecule has 0 fully saturated rings. The zero-order chi connectivity index (χ0) is 16.1. The summed E-state index contributed by atoms with van der Waals surface area (Å²) in [5, 5.41) is 0. The third-order valence-corrected chi connectivity index (χ3v) is 3.91. The van der Waals surface area contributed by atoms with Crippen LogP contribution in [0.15, 0.2) is 24.3 Å². The molecule has 5 nitrogen and oxygen atoms in total. The first-order valence-electron chi connectivity index (χ1n) is 6.04. The zero-order valence-corrected chi connectivity index (χ0v) is 12.3. The molecule has 1 unspecified atom stereocenters. The lowest BCUT2D eigenvalue weighted by Crippen LogP contribution is -2.27. The molecule has 1 aromatic rings. The van der Waals surface area contributed by atoms with E-state index in [0.29, 0.717) is 6.42 Å². The fraction of sp³-hybridized carbons (Fsp3) is 0.500. The van der Waals surface area contributed by atoms with Gasteiger partial charge in [-0.2, -0.15) is 0 Å². The molecule has 0 aliphatic rings. The average molecular weight is 327 g/mol. The number of hydrogen-bond acceptors (Lipinski definition) is 4. The van der Waals surface area contributed by atoms with Gasteiger partial charge in [-0.3, -0.25) is 4.72 Å². The molecule has 0 bridgehead atoms. The maximum atomic E-state index is 12.0. The van der Waals surface area contributed by atoms with Crippen LogP contribution in [0.25, 0.3) is 0 Å². The van der Waals surface area contributed by atoms with Gasteiger partial charge in [-0.05, 0) is 30.7 Å². The van der Waals surface area contributed by atoms with E-state index in [-0.39, 0.29) is 11.4 Å². The first-order valence-corrected chi connectivity index (χ1v) is 7.69. The van der Waals surface area contributed by atoms with Crippen LogP contribution in [0.1, 0.15) is 13.3 Å². The van der Waals surface area contributed by atoms with E-state index in [2.05, 4.69) is 9.46 Å². The van der Waals surface area contributed by atoms with E-state index in [1.807, 2.05) is 0 Å². The van der Waals surface area contributed by atoms with E-state index in [9.17, 15) is 21.6 Å². The SMILES string of the molecule is CCC(CS(=O)(=O)Nc1ccc(OC(F)(F)F)cc1)OC. The molecule has 0 amide bonds. The Morgan fingerprint density at radius 3 is 2.24 bits per heavy atom. The van der Waals surface area contributed by atoms with Crippen molar-refractivity contribution >= 4 is 15.7 Å². The Hall–Kier alpha value is -1.48. The van der Waals surface area contributed by atoms with Crippen LogP contribution in [-0.2, 0) is 14.8 Å². The average Bonchev–Trinajstić information content (AvgIpc) is 2.36. The van der Waals surface area contributed by atoms with Crippen LogP contribution in [0.4, 0.5) is 18.9 Å². The van der Waals surface area contributed by atoms with Crippen LogP contribution in [0.3, 0.4) is 0 Å². The molecule has 1 rings (SSSR count). The summed E-state index contributed by atoms with van der Waals surface area (Å²) in [5.41, 5.74) is 0.149. The number of ether oxygens (including phenoxy) is 2. The smallest absolute Gasteiger partial charge is 0.406 e. The highest BCUT2D eigenvalue weighted by Crippen LogP contribution is 2.24. The van der Waals surface area contributed by atoms with Gasteiger partial charge in [0.2, 0.25) is 10.0 Å². The molecular formula is C12H16F3NO4S. The minimum atomic E-state index is -4.78. The maximum absolute atomic E-state index is 12.0. The monoisotopic (exact) mass is 327 g/mol. The fourth-order valence-electron chi connectivity index (χ4n) is 1.54. The molecule has 120 valence electrons. The van der Waals surface area contributed by atoms with E-state index in [1.54, 1.807) is 6.92 Å². The Bertz CT molecular complexity index is 539. The molecule has 0 aromatic heterocycles. The third kappa shape index (κ3) is 6.67. The van der Waals surface area contributed by atoms with Gasteiger partial charge in [0.25, 0.3) is 0 Å². The van der Waals surface area contributed by atoms with E-state index in [0.717, 1.165) is 12.1 Å². The van der Waals surface area contributed by atoms with Gasteiger partial charge in [0.15, 0.2) is 0 Å². The van der Waals surface area contributed by atoms with Crippen molar-refractivity contribution < 1.29 is 31.1 Å². The van der Waals surface area contributed by atoms with E-state index < -0.39 is 28.2 Å². The Labute approximate surface area is 121 Å². The minimum Gasteiger partial charge on any atom is -0.406 e. The fourth-order valence-corrected chi connectivity index (χ4v) is 2.98. The molecule has 1 atom stereocenters. The van der Waals surface area contributed by atoms with Gasteiger partial charge in [-0.1, -0.05) is 6.92 Å². The predicted octanol–water partition coefficient (Wildman–Crippen LogP) is 2.75. The summed E-state index contributed by atoms with van der Waals surface area (Å²) in [4.78, 5) is 0. The minimum absolute atomic E-state index is 0.149. The number of sulfonamides is 1. The Kier molecular flexibility index (Phi) is 5.85. The maximum Gasteiger partial charge on any atom is 0.573 e. The standard InChI is InChI=1S/C12H16F3NO4S/c1-3-10(19-2)8-21(17,18)16-9-4-6-11(7-5-9)20-12(13,14)15/h4-7,10,16H,3,8H2,1-2H3. The second kappa shape index (κ2) is 6.99. The van der Waals surface area contributed by atoms with Crippen molar-refractivity contribution in [1.29, 1.82) is 0 Å². The number of nitrogens with one attached hydrogen (secondary N) is 1. The normalized spacial score (nSPS) is 13.8. The third-order valence-electron chi connectivity index (χ3n) is 2.56. The Balaban J connectivity index is 2.71. The molecule has 9 heteroatoms. The highest BCUT2D eigenvalue weighted by Gasteiger charge is 2.31. The second-order valence-electron chi connectivity index (χ2n) is 4.22. The topological polar surface area (TPSA) is 64.6 Å². The predicted molar refractivity (Wildman–Crippen MR) is 71.6 cm³/mol. The van der Waals surface area contributed by atoms with Crippen molar-refractivity contribution in [2.45, 2.75) is 25.8 Å². The van der Waals surface area contributed by atoms with Crippen molar-refractivity contribution in [1.82, 2.24) is 0 Å². The summed E-state index contributed by atoms with van der Waals surface area (Å²) in [7, 11) is -2.23. The first kappa shape index (κ1) is 17.6. The van der Waals surface area contributed by atoms with Gasteiger partial charge >= 0.3 is 6.36 Å². The molecule has 21 heavy (non-hydrogen) atoms. The van der Waals surface area contributed by atoms with E-state index in [1.165, 1.54) is 19.2 Å². The van der Waals surface area contributed by atoms with E-state index >= 15 is 0 Å². The molecule has 0 spiro atoms. The van der Waals surface area contributed by atoms with Crippen molar-refractivity contribution in [2.75, 3.05) is 17.6 Å².